The number of hydrogen-bond acceptors (Lipinski definition) is 8. The van der Waals surface area contributed by atoms with Gasteiger partial charge in [-0.2, -0.15) is 0 Å². The Morgan fingerprint density at radius 1 is 1.23 bits per heavy atom. The minimum absolute atomic E-state index is 0.170. The maximum atomic E-state index is 12.6. The van der Waals surface area contributed by atoms with Crippen LogP contribution in [0.25, 0.3) is 21.3 Å². The molecule has 8 nitrogen and oxygen atoms in total. The zero-order chi connectivity index (χ0) is 22.7. The fourth-order valence-corrected chi connectivity index (χ4v) is 4.34. The van der Waals surface area contributed by atoms with Crippen LogP contribution in [0.3, 0.4) is 0 Å². The third kappa shape index (κ3) is 4.38. The summed E-state index contributed by atoms with van der Waals surface area (Å²) in [5.74, 6) is 1.09. The fraction of sp³-hybridized carbons (Fsp3) is 0.286. The Bertz CT molecular complexity index is 1210. The normalized spacial score (nSPS) is 11.5. The van der Waals surface area contributed by atoms with Gasteiger partial charge < -0.3 is 23.9 Å². The minimum atomic E-state index is -0.517. The van der Waals surface area contributed by atoms with E-state index in [0.717, 1.165) is 11.3 Å². The number of esters is 1. The molecular formula is C21H21ClN2O6S. The van der Waals surface area contributed by atoms with Crippen LogP contribution in [-0.4, -0.2) is 43.9 Å². The van der Waals surface area contributed by atoms with Crippen LogP contribution >= 0.6 is 22.9 Å². The van der Waals surface area contributed by atoms with Crippen LogP contribution in [0.15, 0.2) is 16.9 Å². The Labute approximate surface area is 187 Å². The molecule has 0 aliphatic heterocycles. The molecule has 3 rings (SSSR count). The summed E-state index contributed by atoms with van der Waals surface area (Å²) < 4.78 is 21.2. The van der Waals surface area contributed by atoms with E-state index in [0.29, 0.717) is 50.1 Å². The minimum Gasteiger partial charge on any atom is -0.493 e. The number of aromatic nitrogens is 2. The van der Waals surface area contributed by atoms with Gasteiger partial charge >= 0.3 is 5.97 Å². The number of methoxy groups -OCH3 is 3. The topological polar surface area (TPSA) is 99.7 Å². The molecule has 0 aliphatic carbocycles. The number of thiophene rings is 1. The first-order valence-corrected chi connectivity index (χ1v) is 10.4. The second kappa shape index (κ2) is 9.40. The third-order valence-electron chi connectivity index (χ3n) is 4.46. The van der Waals surface area contributed by atoms with Crippen molar-refractivity contribution in [2.75, 3.05) is 27.9 Å². The van der Waals surface area contributed by atoms with E-state index in [2.05, 4.69) is 9.97 Å². The molecule has 1 N–H and O–H groups in total. The van der Waals surface area contributed by atoms with Crippen molar-refractivity contribution in [3.8, 4) is 17.2 Å². The number of aromatic amines is 1. The highest BCUT2D eigenvalue weighted by atomic mass is 35.5. The molecule has 0 amide bonds. The van der Waals surface area contributed by atoms with Crippen LogP contribution in [-0.2, 0) is 4.74 Å². The summed E-state index contributed by atoms with van der Waals surface area (Å²) in [5.41, 5.74) is 0.785. The Balaban J connectivity index is 2.09. The van der Waals surface area contributed by atoms with Crippen molar-refractivity contribution >= 4 is 50.2 Å². The van der Waals surface area contributed by atoms with Crippen LogP contribution in [0.2, 0.25) is 0 Å². The Kier molecular flexibility index (Phi) is 6.87. The number of H-pyrrole nitrogens is 1. The van der Waals surface area contributed by atoms with Gasteiger partial charge in [-0.05, 0) is 43.2 Å². The maximum Gasteiger partial charge on any atom is 0.348 e. The lowest BCUT2D eigenvalue weighted by Crippen LogP contribution is -2.10. The van der Waals surface area contributed by atoms with Gasteiger partial charge in [-0.25, -0.2) is 9.78 Å². The standard InChI is InChI=1S/C21H21ClN2O6S/c1-6-30-16-13(27-3)8-11(9-14(16)28-4)7-12(22)18-23-19(25)15-10(2)17(21(26)29-5)31-20(15)24-18/h7-9H,6H2,1-5H3,(H,23,24,25)/b12-7+. The van der Waals surface area contributed by atoms with Crippen LogP contribution in [0.4, 0.5) is 0 Å². The summed E-state index contributed by atoms with van der Waals surface area (Å²) in [6.45, 7) is 3.98. The molecule has 2 heterocycles. The predicted molar refractivity (Wildman–Crippen MR) is 121 cm³/mol. The predicted octanol–water partition coefficient (Wildman–Crippen LogP) is 4.23. The molecule has 0 bridgehead atoms. The Morgan fingerprint density at radius 2 is 1.87 bits per heavy atom. The molecule has 31 heavy (non-hydrogen) atoms. The molecule has 0 radical (unpaired) electrons. The number of aryl methyl sites for hydroxylation is 1. The molecule has 0 atom stereocenters. The molecule has 1 aromatic carbocycles. The largest absolute Gasteiger partial charge is 0.493 e. The molecule has 0 saturated carbocycles. The number of nitrogens with one attached hydrogen (secondary N) is 1. The molecule has 0 saturated heterocycles. The average Bonchev–Trinajstić information content (AvgIpc) is 3.10. The van der Waals surface area contributed by atoms with E-state index in [9.17, 15) is 9.59 Å². The summed E-state index contributed by atoms with van der Waals surface area (Å²) in [7, 11) is 4.34. The molecule has 0 fully saturated rings. The van der Waals surface area contributed by atoms with Gasteiger partial charge in [0.05, 0.1) is 38.4 Å². The summed E-state index contributed by atoms with van der Waals surface area (Å²) in [6.07, 6.45) is 1.62. The zero-order valence-corrected chi connectivity index (χ0v) is 19.2. The second-order valence-corrected chi connectivity index (χ2v) is 7.73. The number of fused-ring (bicyclic) bond motifs is 1. The van der Waals surface area contributed by atoms with Crippen LogP contribution in [0.1, 0.15) is 33.5 Å². The first kappa shape index (κ1) is 22.6. The summed E-state index contributed by atoms with van der Waals surface area (Å²) >= 11 is 7.55. The molecule has 0 unspecified atom stereocenters. The van der Waals surface area contributed by atoms with Crippen molar-refractivity contribution < 1.29 is 23.7 Å². The van der Waals surface area contributed by atoms with Gasteiger partial charge in [0, 0.05) is 0 Å². The highest BCUT2D eigenvalue weighted by Crippen LogP contribution is 2.39. The molecule has 164 valence electrons. The number of carbonyl (C=O) groups excluding carboxylic acids is 1. The van der Waals surface area contributed by atoms with Crippen LogP contribution in [0.5, 0.6) is 17.2 Å². The van der Waals surface area contributed by atoms with Gasteiger partial charge in [0.1, 0.15) is 9.71 Å². The van der Waals surface area contributed by atoms with Crippen molar-refractivity contribution in [3.05, 3.63) is 44.3 Å². The van der Waals surface area contributed by atoms with Gasteiger partial charge in [0.15, 0.2) is 17.3 Å². The Hall–Kier alpha value is -3.04. The highest BCUT2D eigenvalue weighted by molar-refractivity contribution is 7.20. The van der Waals surface area contributed by atoms with Crippen molar-refractivity contribution in [2.24, 2.45) is 0 Å². The molecule has 0 spiro atoms. The summed E-state index contributed by atoms with van der Waals surface area (Å²) in [6, 6.07) is 3.47. The van der Waals surface area contributed by atoms with Gasteiger partial charge in [0.2, 0.25) is 5.75 Å². The number of benzene rings is 1. The monoisotopic (exact) mass is 464 g/mol. The number of ether oxygens (including phenoxy) is 4. The fourth-order valence-electron chi connectivity index (χ4n) is 3.03. The molecule has 3 aromatic rings. The van der Waals surface area contributed by atoms with E-state index in [1.54, 1.807) is 25.1 Å². The third-order valence-corrected chi connectivity index (χ3v) is 5.92. The van der Waals surface area contributed by atoms with Gasteiger partial charge in [-0.3, -0.25) is 4.79 Å². The molecular weight excluding hydrogens is 444 g/mol. The number of halogens is 1. The lowest BCUT2D eigenvalue weighted by molar-refractivity contribution is 0.0605. The SMILES string of the molecule is CCOc1c(OC)cc(/C=C(/Cl)c2nc3sc(C(=O)OC)c(C)c3c(=O)[nH]2)cc1OC. The molecule has 0 aliphatic rings. The molecule has 2 aromatic heterocycles. The van der Waals surface area contributed by atoms with Gasteiger partial charge in [0.25, 0.3) is 5.56 Å². The van der Waals surface area contributed by atoms with Crippen molar-refractivity contribution in [1.82, 2.24) is 9.97 Å². The van der Waals surface area contributed by atoms with Gasteiger partial charge in [-0.1, -0.05) is 11.6 Å². The van der Waals surface area contributed by atoms with E-state index in [1.165, 1.54) is 21.3 Å². The quantitative estimate of drug-likeness (QED) is 0.522. The number of hydrogen-bond donors (Lipinski definition) is 1. The maximum absolute atomic E-state index is 12.6. The first-order chi connectivity index (χ1) is 14.8. The van der Waals surface area contributed by atoms with Crippen molar-refractivity contribution in [1.29, 1.82) is 0 Å². The van der Waals surface area contributed by atoms with Crippen molar-refractivity contribution in [3.63, 3.8) is 0 Å². The van der Waals surface area contributed by atoms with E-state index < -0.39 is 11.5 Å². The second-order valence-electron chi connectivity index (χ2n) is 6.32. The highest BCUT2D eigenvalue weighted by Gasteiger charge is 2.20. The van der Waals surface area contributed by atoms with Crippen molar-refractivity contribution in [2.45, 2.75) is 13.8 Å². The van der Waals surface area contributed by atoms with E-state index in [1.807, 2.05) is 6.92 Å². The van der Waals surface area contributed by atoms with E-state index in [4.69, 9.17) is 30.5 Å². The van der Waals surface area contributed by atoms with E-state index >= 15 is 0 Å². The number of nitrogens with zero attached hydrogens (tertiary/aromatic N) is 1. The smallest absolute Gasteiger partial charge is 0.348 e. The number of rotatable bonds is 7. The lowest BCUT2D eigenvalue weighted by Gasteiger charge is -2.14. The summed E-state index contributed by atoms with van der Waals surface area (Å²) in [5, 5.41) is 0.529. The average molecular weight is 465 g/mol. The zero-order valence-electron chi connectivity index (χ0n) is 17.6. The number of carbonyl (C=O) groups is 1. The summed E-state index contributed by atoms with van der Waals surface area (Å²) in [4.78, 5) is 32.4. The van der Waals surface area contributed by atoms with Gasteiger partial charge in [-0.15, -0.1) is 11.3 Å². The van der Waals surface area contributed by atoms with E-state index in [-0.39, 0.29) is 10.9 Å². The first-order valence-electron chi connectivity index (χ1n) is 9.22. The molecule has 10 heteroatoms. The van der Waals surface area contributed by atoms with Crippen LogP contribution in [0, 0.1) is 6.92 Å². The van der Waals surface area contributed by atoms with Crippen LogP contribution < -0.4 is 19.8 Å². The lowest BCUT2D eigenvalue weighted by atomic mass is 10.1. The Morgan fingerprint density at radius 3 is 2.42 bits per heavy atom.